The van der Waals surface area contributed by atoms with Crippen LogP contribution in [0.15, 0.2) is 35.1 Å². The number of ether oxygens (including phenoxy) is 1. The fourth-order valence-corrected chi connectivity index (χ4v) is 2.70. The van der Waals surface area contributed by atoms with Crippen molar-refractivity contribution < 1.29 is 18.3 Å². The van der Waals surface area contributed by atoms with Gasteiger partial charge in [0.1, 0.15) is 5.82 Å². The van der Waals surface area contributed by atoms with Gasteiger partial charge in [-0.05, 0) is 38.1 Å². The average molecular weight is 304 g/mol. The summed E-state index contributed by atoms with van der Waals surface area (Å²) in [6.45, 7) is 4.89. The molecule has 3 rings (SSSR count). The molecular weight excluding hydrogens is 287 g/mol. The standard InChI is InChI=1S/C16H17FN2O3/c1-10-7-19(8-11(2)22-10)16(20)14-15(21-9-18-14)12-3-5-13(17)6-4-12/h3-6,9-11H,7-8H2,1-2H3/t10-,11-/m0/s1. The number of carbonyl (C=O) groups is 1. The summed E-state index contributed by atoms with van der Waals surface area (Å²) in [5, 5.41) is 0. The highest BCUT2D eigenvalue weighted by Gasteiger charge is 2.30. The second-order valence-corrected chi connectivity index (χ2v) is 5.50. The third-order valence-corrected chi connectivity index (χ3v) is 3.58. The fraction of sp³-hybridized carbons (Fsp3) is 0.375. The number of carbonyl (C=O) groups excluding carboxylic acids is 1. The molecule has 1 aromatic carbocycles. The summed E-state index contributed by atoms with van der Waals surface area (Å²) < 4.78 is 24.0. The van der Waals surface area contributed by atoms with E-state index < -0.39 is 0 Å². The van der Waals surface area contributed by atoms with Crippen LogP contribution in [0.1, 0.15) is 24.3 Å². The van der Waals surface area contributed by atoms with Gasteiger partial charge in [0.25, 0.3) is 5.91 Å². The molecule has 0 spiro atoms. The van der Waals surface area contributed by atoms with Crippen LogP contribution in [0.3, 0.4) is 0 Å². The Morgan fingerprint density at radius 1 is 1.23 bits per heavy atom. The van der Waals surface area contributed by atoms with Gasteiger partial charge in [0.2, 0.25) is 0 Å². The number of morpholine rings is 1. The maximum absolute atomic E-state index is 13.0. The molecule has 22 heavy (non-hydrogen) atoms. The van der Waals surface area contributed by atoms with Crippen molar-refractivity contribution in [3.63, 3.8) is 0 Å². The summed E-state index contributed by atoms with van der Waals surface area (Å²) in [5.41, 5.74) is 0.865. The van der Waals surface area contributed by atoms with Crippen LogP contribution < -0.4 is 0 Å². The fourth-order valence-electron chi connectivity index (χ4n) is 2.70. The molecule has 2 aromatic rings. The third-order valence-electron chi connectivity index (χ3n) is 3.58. The van der Waals surface area contributed by atoms with Crippen molar-refractivity contribution in [3.05, 3.63) is 42.2 Å². The highest BCUT2D eigenvalue weighted by atomic mass is 19.1. The zero-order chi connectivity index (χ0) is 15.7. The zero-order valence-corrected chi connectivity index (χ0v) is 12.5. The molecule has 1 amide bonds. The molecule has 2 heterocycles. The molecular formula is C16H17FN2O3. The van der Waals surface area contributed by atoms with Gasteiger partial charge in [-0.15, -0.1) is 0 Å². The Morgan fingerprint density at radius 2 is 1.86 bits per heavy atom. The minimum absolute atomic E-state index is 0.0196. The summed E-state index contributed by atoms with van der Waals surface area (Å²) in [6, 6.07) is 5.78. The number of rotatable bonds is 2. The van der Waals surface area contributed by atoms with Crippen LogP contribution in [-0.4, -0.2) is 41.1 Å². The molecule has 1 fully saturated rings. The van der Waals surface area contributed by atoms with Gasteiger partial charge in [-0.25, -0.2) is 9.37 Å². The normalized spacial score (nSPS) is 21.9. The van der Waals surface area contributed by atoms with Crippen LogP contribution in [0.2, 0.25) is 0 Å². The molecule has 0 radical (unpaired) electrons. The average Bonchev–Trinajstić information content (AvgIpc) is 2.95. The molecule has 1 aliphatic heterocycles. The first-order valence-electron chi connectivity index (χ1n) is 7.18. The van der Waals surface area contributed by atoms with Crippen molar-refractivity contribution in [3.8, 4) is 11.3 Å². The van der Waals surface area contributed by atoms with Crippen LogP contribution in [0.5, 0.6) is 0 Å². The van der Waals surface area contributed by atoms with Crippen molar-refractivity contribution in [1.82, 2.24) is 9.88 Å². The summed E-state index contributed by atoms with van der Waals surface area (Å²) >= 11 is 0. The SMILES string of the molecule is C[C@H]1CN(C(=O)c2ncoc2-c2ccc(F)cc2)C[C@H](C)O1. The number of hydrogen-bond acceptors (Lipinski definition) is 4. The highest BCUT2D eigenvalue weighted by molar-refractivity contribution is 5.97. The second-order valence-electron chi connectivity index (χ2n) is 5.50. The van der Waals surface area contributed by atoms with Crippen LogP contribution in [0.4, 0.5) is 4.39 Å². The van der Waals surface area contributed by atoms with Crippen molar-refractivity contribution in [2.24, 2.45) is 0 Å². The molecule has 1 saturated heterocycles. The number of hydrogen-bond donors (Lipinski definition) is 0. The molecule has 0 bridgehead atoms. The Balaban J connectivity index is 1.88. The maximum atomic E-state index is 13.0. The van der Waals surface area contributed by atoms with Crippen molar-refractivity contribution in [1.29, 1.82) is 0 Å². The summed E-state index contributed by atoms with van der Waals surface area (Å²) in [6.07, 6.45) is 1.20. The van der Waals surface area contributed by atoms with E-state index in [9.17, 15) is 9.18 Å². The first-order chi connectivity index (χ1) is 10.5. The van der Waals surface area contributed by atoms with Gasteiger partial charge in [-0.2, -0.15) is 0 Å². The lowest BCUT2D eigenvalue weighted by Gasteiger charge is -2.35. The first kappa shape index (κ1) is 14.7. The summed E-state index contributed by atoms with van der Waals surface area (Å²) in [5.74, 6) is -0.182. The van der Waals surface area contributed by atoms with Gasteiger partial charge in [-0.1, -0.05) is 0 Å². The van der Waals surface area contributed by atoms with Gasteiger partial charge in [-0.3, -0.25) is 4.79 Å². The Bertz CT molecular complexity index is 658. The molecule has 1 aromatic heterocycles. The van der Waals surface area contributed by atoms with Crippen molar-refractivity contribution >= 4 is 5.91 Å². The van der Waals surface area contributed by atoms with E-state index in [1.165, 1.54) is 18.5 Å². The second kappa shape index (κ2) is 5.88. The number of benzene rings is 1. The van der Waals surface area contributed by atoms with Gasteiger partial charge in [0, 0.05) is 18.7 Å². The summed E-state index contributed by atoms with van der Waals surface area (Å²) in [7, 11) is 0. The maximum Gasteiger partial charge on any atom is 0.276 e. The molecule has 116 valence electrons. The van der Waals surface area contributed by atoms with Crippen LogP contribution in [-0.2, 0) is 4.74 Å². The van der Waals surface area contributed by atoms with E-state index in [0.717, 1.165) is 0 Å². The Hall–Kier alpha value is -2.21. The molecule has 0 N–H and O–H groups in total. The predicted octanol–water partition coefficient (Wildman–Crippen LogP) is 2.73. The van der Waals surface area contributed by atoms with Crippen LogP contribution >= 0.6 is 0 Å². The topological polar surface area (TPSA) is 55.6 Å². The van der Waals surface area contributed by atoms with Crippen LogP contribution in [0, 0.1) is 5.82 Å². The van der Waals surface area contributed by atoms with Gasteiger partial charge in [0.05, 0.1) is 12.2 Å². The minimum atomic E-state index is -0.341. The van der Waals surface area contributed by atoms with Gasteiger partial charge in [0.15, 0.2) is 17.8 Å². The number of halogens is 1. The van der Waals surface area contributed by atoms with E-state index in [0.29, 0.717) is 24.4 Å². The lowest BCUT2D eigenvalue weighted by Crippen LogP contribution is -2.48. The molecule has 6 heteroatoms. The number of nitrogens with zero attached hydrogens (tertiary/aromatic N) is 2. The van der Waals surface area contributed by atoms with E-state index in [1.54, 1.807) is 17.0 Å². The molecule has 2 atom stereocenters. The predicted molar refractivity (Wildman–Crippen MR) is 77.8 cm³/mol. The van der Waals surface area contributed by atoms with Crippen molar-refractivity contribution in [2.75, 3.05) is 13.1 Å². The van der Waals surface area contributed by atoms with E-state index >= 15 is 0 Å². The monoisotopic (exact) mass is 304 g/mol. The Labute approximate surface area is 127 Å². The van der Waals surface area contributed by atoms with Gasteiger partial charge < -0.3 is 14.1 Å². The lowest BCUT2D eigenvalue weighted by atomic mass is 10.1. The smallest absolute Gasteiger partial charge is 0.276 e. The number of amides is 1. The van der Waals surface area contributed by atoms with E-state index in [2.05, 4.69) is 4.98 Å². The highest BCUT2D eigenvalue weighted by Crippen LogP contribution is 2.25. The zero-order valence-electron chi connectivity index (χ0n) is 12.5. The Morgan fingerprint density at radius 3 is 2.50 bits per heavy atom. The van der Waals surface area contributed by atoms with E-state index in [4.69, 9.17) is 9.15 Å². The molecule has 0 aliphatic carbocycles. The third kappa shape index (κ3) is 2.87. The Kier molecular flexibility index (Phi) is 3.94. The lowest BCUT2D eigenvalue weighted by molar-refractivity contribution is -0.0587. The first-order valence-corrected chi connectivity index (χ1v) is 7.18. The van der Waals surface area contributed by atoms with Gasteiger partial charge >= 0.3 is 0 Å². The van der Waals surface area contributed by atoms with Crippen molar-refractivity contribution in [2.45, 2.75) is 26.1 Å². The minimum Gasteiger partial charge on any atom is -0.443 e. The number of oxazole rings is 1. The number of aromatic nitrogens is 1. The molecule has 1 aliphatic rings. The largest absolute Gasteiger partial charge is 0.443 e. The summed E-state index contributed by atoms with van der Waals surface area (Å²) in [4.78, 5) is 18.4. The van der Waals surface area contributed by atoms with Crippen LogP contribution in [0.25, 0.3) is 11.3 Å². The quantitative estimate of drug-likeness (QED) is 0.856. The van der Waals surface area contributed by atoms with E-state index in [1.807, 2.05) is 13.8 Å². The molecule has 0 saturated carbocycles. The molecule has 5 nitrogen and oxygen atoms in total. The molecule has 0 unspecified atom stereocenters. The van der Waals surface area contributed by atoms with E-state index in [-0.39, 0.29) is 29.6 Å².